The van der Waals surface area contributed by atoms with Crippen LogP contribution in [-0.2, 0) is 0 Å². The standard InChI is InChI=1S/C15H20BrNO3/c16-9-15(6-2-1-3-7-15)10-17-14(20)12-8-11(18)4-5-13(12)19/h4-5,8,18-19H,1-3,6-7,9-10H2,(H,17,20). The highest BCUT2D eigenvalue weighted by molar-refractivity contribution is 9.09. The van der Waals surface area contributed by atoms with E-state index in [1.54, 1.807) is 0 Å². The SMILES string of the molecule is O=C(NCC1(CBr)CCCCC1)c1cc(O)ccc1O. The van der Waals surface area contributed by atoms with Gasteiger partial charge in [0.25, 0.3) is 5.91 Å². The molecule has 0 saturated heterocycles. The lowest BCUT2D eigenvalue weighted by molar-refractivity contribution is 0.0919. The van der Waals surface area contributed by atoms with Crippen LogP contribution >= 0.6 is 15.9 Å². The second-order valence-corrected chi connectivity index (χ2v) is 6.14. The van der Waals surface area contributed by atoms with Crippen LogP contribution in [0.4, 0.5) is 0 Å². The predicted octanol–water partition coefficient (Wildman–Crippen LogP) is 3.17. The zero-order chi connectivity index (χ0) is 14.6. The molecule has 1 aliphatic carbocycles. The van der Waals surface area contributed by atoms with E-state index in [0.29, 0.717) is 6.54 Å². The van der Waals surface area contributed by atoms with Gasteiger partial charge in [0.2, 0.25) is 0 Å². The zero-order valence-electron chi connectivity index (χ0n) is 11.4. The van der Waals surface area contributed by atoms with Crippen molar-refractivity contribution in [3.63, 3.8) is 0 Å². The van der Waals surface area contributed by atoms with Crippen LogP contribution in [0, 0.1) is 5.41 Å². The van der Waals surface area contributed by atoms with E-state index in [1.807, 2.05) is 0 Å². The van der Waals surface area contributed by atoms with Gasteiger partial charge >= 0.3 is 0 Å². The van der Waals surface area contributed by atoms with Gasteiger partial charge in [-0.1, -0.05) is 35.2 Å². The van der Waals surface area contributed by atoms with Crippen LogP contribution in [-0.4, -0.2) is 28.0 Å². The van der Waals surface area contributed by atoms with Gasteiger partial charge < -0.3 is 15.5 Å². The molecule has 1 saturated carbocycles. The number of alkyl halides is 1. The maximum atomic E-state index is 12.1. The fourth-order valence-electron chi connectivity index (χ4n) is 2.73. The summed E-state index contributed by atoms with van der Waals surface area (Å²) in [6.07, 6.45) is 5.85. The molecule has 0 atom stereocenters. The van der Waals surface area contributed by atoms with Crippen molar-refractivity contribution in [2.24, 2.45) is 5.41 Å². The molecule has 1 aromatic carbocycles. The van der Waals surface area contributed by atoms with Crippen LogP contribution in [0.5, 0.6) is 11.5 Å². The first-order chi connectivity index (χ1) is 9.56. The largest absolute Gasteiger partial charge is 0.508 e. The van der Waals surface area contributed by atoms with Crippen molar-refractivity contribution in [2.45, 2.75) is 32.1 Å². The predicted molar refractivity (Wildman–Crippen MR) is 81.4 cm³/mol. The van der Waals surface area contributed by atoms with Gasteiger partial charge in [-0.05, 0) is 36.5 Å². The second-order valence-electron chi connectivity index (χ2n) is 5.58. The maximum absolute atomic E-state index is 12.1. The Labute approximate surface area is 127 Å². The number of aromatic hydroxyl groups is 2. The highest BCUT2D eigenvalue weighted by Crippen LogP contribution is 2.37. The van der Waals surface area contributed by atoms with Crippen LogP contribution in [0.15, 0.2) is 18.2 Å². The monoisotopic (exact) mass is 341 g/mol. The van der Waals surface area contributed by atoms with Crippen LogP contribution in [0.25, 0.3) is 0 Å². The molecule has 0 radical (unpaired) electrons. The summed E-state index contributed by atoms with van der Waals surface area (Å²) in [5, 5.41) is 22.8. The van der Waals surface area contributed by atoms with E-state index >= 15 is 0 Å². The third-order valence-corrected chi connectivity index (χ3v) is 5.24. The summed E-state index contributed by atoms with van der Waals surface area (Å²) in [5.74, 6) is -0.484. The summed E-state index contributed by atoms with van der Waals surface area (Å²) in [7, 11) is 0. The van der Waals surface area contributed by atoms with Gasteiger partial charge in [-0.2, -0.15) is 0 Å². The highest BCUT2D eigenvalue weighted by atomic mass is 79.9. The molecule has 20 heavy (non-hydrogen) atoms. The summed E-state index contributed by atoms with van der Waals surface area (Å²) in [6.45, 7) is 0.589. The molecule has 3 N–H and O–H groups in total. The molecular formula is C15H20BrNO3. The molecule has 0 aromatic heterocycles. The van der Waals surface area contributed by atoms with E-state index in [1.165, 1.54) is 37.5 Å². The van der Waals surface area contributed by atoms with Gasteiger partial charge in [0.15, 0.2) is 0 Å². The Bertz CT molecular complexity index is 484. The lowest BCUT2D eigenvalue weighted by Gasteiger charge is -2.35. The Morgan fingerprint density at radius 1 is 1.25 bits per heavy atom. The zero-order valence-corrected chi connectivity index (χ0v) is 12.9. The maximum Gasteiger partial charge on any atom is 0.255 e. The minimum atomic E-state index is -0.343. The number of rotatable bonds is 4. The topological polar surface area (TPSA) is 69.6 Å². The van der Waals surface area contributed by atoms with Crippen molar-refractivity contribution in [1.29, 1.82) is 0 Å². The molecule has 2 rings (SSSR count). The second kappa shape index (κ2) is 6.48. The molecule has 0 spiro atoms. The molecular weight excluding hydrogens is 322 g/mol. The fraction of sp³-hybridized carbons (Fsp3) is 0.533. The summed E-state index contributed by atoms with van der Waals surface area (Å²) >= 11 is 3.56. The first kappa shape index (κ1) is 15.2. The molecule has 0 unspecified atom stereocenters. The van der Waals surface area contributed by atoms with Crippen molar-refractivity contribution in [1.82, 2.24) is 5.32 Å². The number of amides is 1. The van der Waals surface area contributed by atoms with E-state index in [0.717, 1.165) is 18.2 Å². The van der Waals surface area contributed by atoms with Crippen LogP contribution in [0.2, 0.25) is 0 Å². The van der Waals surface area contributed by atoms with Crippen LogP contribution < -0.4 is 5.32 Å². The molecule has 5 heteroatoms. The number of benzene rings is 1. The van der Waals surface area contributed by atoms with E-state index in [9.17, 15) is 15.0 Å². The molecule has 1 fully saturated rings. The summed E-state index contributed by atoms with van der Waals surface area (Å²) in [5.41, 5.74) is 0.228. The lowest BCUT2D eigenvalue weighted by Crippen LogP contribution is -2.40. The minimum absolute atomic E-state index is 0.0270. The number of nitrogens with one attached hydrogen (secondary N) is 1. The molecule has 1 aliphatic rings. The first-order valence-corrected chi connectivity index (χ1v) is 8.05. The average molecular weight is 342 g/mol. The van der Waals surface area contributed by atoms with E-state index in [2.05, 4.69) is 21.2 Å². The molecule has 0 aliphatic heterocycles. The van der Waals surface area contributed by atoms with Crippen molar-refractivity contribution < 1.29 is 15.0 Å². The third-order valence-electron chi connectivity index (χ3n) is 4.05. The smallest absolute Gasteiger partial charge is 0.255 e. The molecule has 0 heterocycles. The van der Waals surface area contributed by atoms with Crippen molar-refractivity contribution in [3.8, 4) is 11.5 Å². The van der Waals surface area contributed by atoms with Gasteiger partial charge in [-0.3, -0.25) is 4.79 Å². The summed E-state index contributed by atoms with van der Waals surface area (Å²) < 4.78 is 0. The number of hydrogen-bond acceptors (Lipinski definition) is 3. The average Bonchev–Trinajstić information content (AvgIpc) is 2.48. The Morgan fingerprint density at radius 2 is 1.95 bits per heavy atom. The highest BCUT2D eigenvalue weighted by Gasteiger charge is 2.31. The number of halogens is 1. The number of phenols is 2. The van der Waals surface area contributed by atoms with Crippen molar-refractivity contribution in [3.05, 3.63) is 23.8 Å². The van der Waals surface area contributed by atoms with Crippen molar-refractivity contribution >= 4 is 21.8 Å². The van der Waals surface area contributed by atoms with Gasteiger partial charge in [-0.25, -0.2) is 0 Å². The van der Waals surface area contributed by atoms with Crippen LogP contribution in [0.1, 0.15) is 42.5 Å². The van der Waals surface area contributed by atoms with Gasteiger partial charge in [0.05, 0.1) is 5.56 Å². The Kier molecular flexibility index (Phi) is 4.91. The molecule has 1 amide bonds. The lowest BCUT2D eigenvalue weighted by atomic mass is 9.75. The normalized spacial score (nSPS) is 17.6. The number of carbonyl (C=O) groups is 1. The van der Waals surface area contributed by atoms with E-state index < -0.39 is 0 Å². The quantitative estimate of drug-likeness (QED) is 0.581. The number of hydrogen-bond donors (Lipinski definition) is 3. The molecule has 0 bridgehead atoms. The summed E-state index contributed by atoms with van der Waals surface area (Å²) in [6, 6.07) is 3.96. The van der Waals surface area contributed by atoms with Crippen LogP contribution in [0.3, 0.4) is 0 Å². The number of carbonyl (C=O) groups excluding carboxylic acids is 1. The van der Waals surface area contributed by atoms with Gasteiger partial charge in [0.1, 0.15) is 11.5 Å². The Morgan fingerprint density at radius 3 is 2.60 bits per heavy atom. The fourth-order valence-corrected chi connectivity index (χ4v) is 3.49. The number of phenolic OH excluding ortho intramolecular Hbond substituents is 2. The third kappa shape index (κ3) is 3.45. The Hall–Kier alpha value is -1.23. The van der Waals surface area contributed by atoms with E-state index in [4.69, 9.17) is 0 Å². The Balaban J connectivity index is 2.02. The first-order valence-electron chi connectivity index (χ1n) is 6.92. The molecule has 4 nitrogen and oxygen atoms in total. The summed E-state index contributed by atoms with van der Waals surface area (Å²) in [4.78, 5) is 12.1. The van der Waals surface area contributed by atoms with Gasteiger partial charge in [0, 0.05) is 11.9 Å². The molecule has 110 valence electrons. The molecule has 1 aromatic rings. The van der Waals surface area contributed by atoms with Gasteiger partial charge in [-0.15, -0.1) is 0 Å². The van der Waals surface area contributed by atoms with Crippen molar-refractivity contribution in [2.75, 3.05) is 11.9 Å². The minimum Gasteiger partial charge on any atom is -0.508 e. The van der Waals surface area contributed by atoms with E-state index in [-0.39, 0.29) is 28.4 Å².